The molecular formula is C15H22N2O3. The Morgan fingerprint density at radius 1 is 1.30 bits per heavy atom. The van der Waals surface area contributed by atoms with Crippen LogP contribution in [0.3, 0.4) is 0 Å². The molecule has 0 unspecified atom stereocenters. The van der Waals surface area contributed by atoms with Crippen LogP contribution >= 0.6 is 0 Å². The predicted octanol–water partition coefficient (Wildman–Crippen LogP) is 2.14. The summed E-state index contributed by atoms with van der Waals surface area (Å²) in [7, 11) is 0. The Bertz CT molecular complexity index is 459. The van der Waals surface area contributed by atoms with Gasteiger partial charge in [-0.05, 0) is 38.5 Å². The van der Waals surface area contributed by atoms with Gasteiger partial charge in [0.2, 0.25) is 0 Å². The Labute approximate surface area is 119 Å². The summed E-state index contributed by atoms with van der Waals surface area (Å²) >= 11 is 0. The minimum Gasteiger partial charge on any atom is -0.487 e. The highest BCUT2D eigenvalue weighted by molar-refractivity contribution is 5.69. The summed E-state index contributed by atoms with van der Waals surface area (Å²) in [5, 5.41) is 0. The van der Waals surface area contributed by atoms with E-state index in [4.69, 9.17) is 15.2 Å². The van der Waals surface area contributed by atoms with E-state index in [-0.39, 0.29) is 12.2 Å². The first-order chi connectivity index (χ1) is 9.37. The normalized spacial score (nSPS) is 15.7. The fraction of sp³-hybridized carbons (Fsp3) is 0.533. The molecule has 2 N–H and O–H groups in total. The third kappa shape index (κ3) is 3.87. The van der Waals surface area contributed by atoms with E-state index < -0.39 is 5.60 Å². The molecule has 1 saturated heterocycles. The smallest absolute Gasteiger partial charge is 0.410 e. The van der Waals surface area contributed by atoms with E-state index in [0.29, 0.717) is 19.6 Å². The van der Waals surface area contributed by atoms with E-state index in [1.807, 2.05) is 45.0 Å². The van der Waals surface area contributed by atoms with Crippen molar-refractivity contribution in [3.8, 4) is 5.75 Å². The molecule has 5 nitrogen and oxygen atoms in total. The van der Waals surface area contributed by atoms with E-state index in [9.17, 15) is 4.79 Å². The predicted molar refractivity (Wildman–Crippen MR) is 76.6 cm³/mol. The first-order valence-corrected chi connectivity index (χ1v) is 6.81. The average Bonchev–Trinajstić information content (AvgIpc) is 2.31. The Balaban J connectivity index is 1.77. The maximum Gasteiger partial charge on any atom is 0.410 e. The van der Waals surface area contributed by atoms with Gasteiger partial charge < -0.3 is 20.1 Å². The monoisotopic (exact) mass is 278 g/mol. The lowest BCUT2D eigenvalue weighted by molar-refractivity contribution is -0.0221. The second kappa shape index (κ2) is 5.71. The van der Waals surface area contributed by atoms with Gasteiger partial charge in [-0.15, -0.1) is 0 Å². The van der Waals surface area contributed by atoms with Gasteiger partial charge in [0, 0.05) is 6.54 Å². The van der Waals surface area contributed by atoms with Crippen LogP contribution < -0.4 is 10.5 Å². The van der Waals surface area contributed by atoms with E-state index in [0.717, 1.165) is 11.3 Å². The summed E-state index contributed by atoms with van der Waals surface area (Å²) in [6.07, 6.45) is -0.248. The molecule has 0 saturated carbocycles. The Morgan fingerprint density at radius 3 is 2.40 bits per heavy atom. The molecule has 110 valence electrons. The number of carbonyl (C=O) groups is 1. The molecule has 0 atom stereocenters. The summed E-state index contributed by atoms with van der Waals surface area (Å²) in [6.45, 7) is 7.23. The molecule has 0 radical (unpaired) electrons. The Morgan fingerprint density at radius 2 is 1.90 bits per heavy atom. The van der Waals surface area contributed by atoms with Gasteiger partial charge in [-0.2, -0.15) is 0 Å². The van der Waals surface area contributed by atoms with E-state index in [1.165, 1.54) is 0 Å². The van der Waals surface area contributed by atoms with E-state index in [1.54, 1.807) is 4.90 Å². The molecule has 1 aliphatic heterocycles. The number of ether oxygens (including phenoxy) is 2. The zero-order valence-electron chi connectivity index (χ0n) is 12.3. The van der Waals surface area contributed by atoms with Gasteiger partial charge in [-0.1, -0.05) is 12.1 Å². The molecular weight excluding hydrogens is 256 g/mol. The van der Waals surface area contributed by atoms with E-state index in [2.05, 4.69) is 0 Å². The number of amides is 1. The molecule has 20 heavy (non-hydrogen) atoms. The summed E-state index contributed by atoms with van der Waals surface area (Å²) in [5.74, 6) is 0.802. The number of nitrogens with zero attached hydrogens (tertiary/aromatic N) is 1. The van der Waals surface area contributed by atoms with Crippen LogP contribution in [0.15, 0.2) is 24.3 Å². The van der Waals surface area contributed by atoms with Crippen LogP contribution in [0.25, 0.3) is 0 Å². The fourth-order valence-electron chi connectivity index (χ4n) is 1.88. The number of rotatable bonds is 3. The minimum absolute atomic E-state index is 0.0336. The maximum absolute atomic E-state index is 11.8. The molecule has 1 amide bonds. The second-order valence-corrected chi connectivity index (χ2v) is 5.97. The van der Waals surface area contributed by atoms with Crippen molar-refractivity contribution in [2.45, 2.75) is 39.0 Å². The van der Waals surface area contributed by atoms with Crippen LogP contribution in [0.1, 0.15) is 26.3 Å². The van der Waals surface area contributed by atoms with Gasteiger partial charge in [0.1, 0.15) is 17.5 Å². The van der Waals surface area contributed by atoms with Crippen molar-refractivity contribution >= 4 is 6.09 Å². The zero-order valence-corrected chi connectivity index (χ0v) is 12.3. The van der Waals surface area contributed by atoms with Gasteiger partial charge in [-0.3, -0.25) is 0 Å². The van der Waals surface area contributed by atoms with Gasteiger partial charge in [0.25, 0.3) is 0 Å². The maximum atomic E-state index is 11.8. The van der Waals surface area contributed by atoms with Crippen molar-refractivity contribution in [3.63, 3.8) is 0 Å². The van der Waals surface area contributed by atoms with Crippen molar-refractivity contribution in [2.24, 2.45) is 5.73 Å². The largest absolute Gasteiger partial charge is 0.487 e. The van der Waals surface area contributed by atoms with Gasteiger partial charge in [0.05, 0.1) is 13.1 Å². The molecule has 0 bridgehead atoms. The van der Waals surface area contributed by atoms with Gasteiger partial charge >= 0.3 is 6.09 Å². The number of carbonyl (C=O) groups excluding carboxylic acids is 1. The lowest BCUT2D eigenvalue weighted by atomic mass is 10.1. The third-order valence-electron chi connectivity index (χ3n) is 2.96. The average molecular weight is 278 g/mol. The summed E-state index contributed by atoms with van der Waals surface area (Å²) in [4.78, 5) is 13.4. The lowest BCUT2D eigenvalue weighted by Gasteiger charge is -2.39. The SMILES string of the molecule is CC(C)(C)OC(=O)N1CC(Oc2ccc(CN)cc2)C1. The number of hydrogen-bond donors (Lipinski definition) is 1. The molecule has 1 aromatic carbocycles. The van der Waals surface area contributed by atoms with Gasteiger partial charge in [-0.25, -0.2) is 4.79 Å². The molecule has 0 aromatic heterocycles. The van der Waals surface area contributed by atoms with Crippen molar-refractivity contribution in [3.05, 3.63) is 29.8 Å². The number of likely N-dealkylation sites (tertiary alicyclic amines) is 1. The zero-order chi connectivity index (χ0) is 14.8. The van der Waals surface area contributed by atoms with Crippen LogP contribution in [0.2, 0.25) is 0 Å². The van der Waals surface area contributed by atoms with Crippen molar-refractivity contribution < 1.29 is 14.3 Å². The second-order valence-electron chi connectivity index (χ2n) is 5.97. The van der Waals surface area contributed by atoms with Crippen molar-refractivity contribution in [1.29, 1.82) is 0 Å². The summed E-state index contributed by atoms with van der Waals surface area (Å²) in [5.41, 5.74) is 6.15. The molecule has 1 heterocycles. The molecule has 1 aliphatic rings. The highest BCUT2D eigenvalue weighted by Crippen LogP contribution is 2.20. The first kappa shape index (κ1) is 14.7. The topological polar surface area (TPSA) is 64.8 Å². The van der Waals surface area contributed by atoms with Crippen LogP contribution in [0.4, 0.5) is 4.79 Å². The Kier molecular flexibility index (Phi) is 4.18. The lowest BCUT2D eigenvalue weighted by Crippen LogP contribution is -2.57. The molecule has 2 rings (SSSR count). The van der Waals surface area contributed by atoms with Crippen LogP contribution in [0, 0.1) is 0 Å². The number of benzene rings is 1. The molecule has 1 fully saturated rings. The van der Waals surface area contributed by atoms with Crippen molar-refractivity contribution in [1.82, 2.24) is 4.90 Å². The summed E-state index contributed by atoms with van der Waals surface area (Å²) in [6, 6.07) is 7.69. The molecule has 0 aliphatic carbocycles. The number of nitrogens with two attached hydrogens (primary N) is 1. The standard InChI is InChI=1S/C15H22N2O3/c1-15(2,3)20-14(18)17-9-13(10-17)19-12-6-4-11(8-16)5-7-12/h4-7,13H,8-10,16H2,1-3H3. The quantitative estimate of drug-likeness (QED) is 0.920. The van der Waals surface area contributed by atoms with Crippen molar-refractivity contribution in [2.75, 3.05) is 13.1 Å². The van der Waals surface area contributed by atoms with E-state index >= 15 is 0 Å². The molecule has 0 spiro atoms. The molecule has 1 aromatic rings. The van der Waals surface area contributed by atoms with Crippen LogP contribution in [-0.4, -0.2) is 35.8 Å². The van der Waals surface area contributed by atoms with Crippen LogP contribution in [-0.2, 0) is 11.3 Å². The third-order valence-corrected chi connectivity index (χ3v) is 2.96. The highest BCUT2D eigenvalue weighted by Gasteiger charge is 2.35. The number of hydrogen-bond acceptors (Lipinski definition) is 4. The van der Waals surface area contributed by atoms with Gasteiger partial charge in [0.15, 0.2) is 0 Å². The highest BCUT2D eigenvalue weighted by atomic mass is 16.6. The fourth-order valence-corrected chi connectivity index (χ4v) is 1.88. The minimum atomic E-state index is -0.457. The molecule has 5 heteroatoms. The summed E-state index contributed by atoms with van der Waals surface area (Å²) < 4.78 is 11.1. The first-order valence-electron chi connectivity index (χ1n) is 6.81. The Hall–Kier alpha value is -1.75. The van der Waals surface area contributed by atoms with Crippen LogP contribution in [0.5, 0.6) is 5.75 Å².